The Bertz CT molecular complexity index is 1420. The molecule has 172 valence electrons. The number of nitrogens with one attached hydrogen (secondary N) is 3. The van der Waals surface area contributed by atoms with Crippen molar-refractivity contribution in [2.45, 2.75) is 0 Å². The van der Waals surface area contributed by atoms with E-state index in [9.17, 15) is 14.0 Å². The van der Waals surface area contributed by atoms with Crippen LogP contribution in [0.3, 0.4) is 0 Å². The molecule has 0 atom stereocenters. The topological polar surface area (TPSA) is 102 Å². The first kappa shape index (κ1) is 21.3. The molecule has 34 heavy (non-hydrogen) atoms. The number of rotatable bonds is 5. The second-order valence-electron chi connectivity index (χ2n) is 7.60. The first-order valence-electron chi connectivity index (χ1n) is 10.5. The largest absolute Gasteiger partial charge is 0.497 e. The van der Waals surface area contributed by atoms with Crippen molar-refractivity contribution in [3.8, 4) is 17.2 Å². The summed E-state index contributed by atoms with van der Waals surface area (Å²) in [6.45, 7) is 0.859. The Morgan fingerprint density at radius 3 is 2.56 bits per heavy atom. The van der Waals surface area contributed by atoms with Gasteiger partial charge in [0.2, 0.25) is 0 Å². The van der Waals surface area contributed by atoms with Crippen LogP contribution in [-0.4, -0.2) is 37.1 Å². The summed E-state index contributed by atoms with van der Waals surface area (Å²) in [5, 5.41) is 6.03. The molecule has 0 bridgehead atoms. The molecule has 5 rings (SSSR count). The zero-order valence-electron chi connectivity index (χ0n) is 18.1. The van der Waals surface area contributed by atoms with Crippen molar-refractivity contribution >= 4 is 34.1 Å². The van der Waals surface area contributed by atoms with E-state index in [1.54, 1.807) is 49.6 Å². The van der Waals surface area contributed by atoms with Gasteiger partial charge in [0, 0.05) is 22.2 Å². The van der Waals surface area contributed by atoms with E-state index in [1.807, 2.05) is 0 Å². The second-order valence-corrected chi connectivity index (χ2v) is 7.60. The Balaban J connectivity index is 1.32. The third-order valence-corrected chi connectivity index (χ3v) is 5.35. The molecule has 3 aromatic carbocycles. The summed E-state index contributed by atoms with van der Waals surface area (Å²) in [7, 11) is 1.56. The Labute approximate surface area is 193 Å². The molecule has 9 heteroatoms. The predicted molar refractivity (Wildman–Crippen MR) is 125 cm³/mol. The number of H-pyrrole nitrogens is 1. The molecule has 0 fully saturated rings. The maximum absolute atomic E-state index is 14.4. The van der Waals surface area contributed by atoms with Crippen LogP contribution >= 0.6 is 0 Å². The van der Waals surface area contributed by atoms with E-state index in [0.717, 1.165) is 10.9 Å². The first-order chi connectivity index (χ1) is 16.5. The molecule has 0 saturated heterocycles. The van der Waals surface area contributed by atoms with Crippen molar-refractivity contribution in [2.24, 2.45) is 0 Å². The Morgan fingerprint density at radius 2 is 1.74 bits per heavy atom. The first-order valence-corrected chi connectivity index (χ1v) is 10.5. The van der Waals surface area contributed by atoms with E-state index in [0.29, 0.717) is 41.7 Å². The number of halogens is 1. The molecule has 1 aromatic heterocycles. The standard InChI is InChI=1S/C25H20FN3O5/c1-32-17-4-6-19-15(10-17)11-21(28-19)25(31)29-20-13-16(3-5-18(20)26)27-24(30)14-2-7-22-23(12-14)34-9-8-33-22/h2-7,10-13,28H,8-9H2,1H3,(H,27,30)(H,29,31). The predicted octanol–water partition coefficient (Wildman–Crippen LogP) is 4.59. The number of ether oxygens (including phenoxy) is 3. The second kappa shape index (κ2) is 8.78. The van der Waals surface area contributed by atoms with Crippen molar-refractivity contribution in [1.82, 2.24) is 4.98 Å². The Kier molecular flexibility index (Phi) is 5.51. The number of aromatic amines is 1. The minimum atomic E-state index is -0.636. The highest BCUT2D eigenvalue weighted by molar-refractivity contribution is 6.07. The molecule has 0 saturated carbocycles. The molecule has 0 spiro atoms. The van der Waals surface area contributed by atoms with Crippen molar-refractivity contribution in [1.29, 1.82) is 0 Å². The molecule has 2 amide bonds. The molecule has 4 aromatic rings. The third kappa shape index (κ3) is 4.23. The lowest BCUT2D eigenvalue weighted by atomic mass is 10.1. The van der Waals surface area contributed by atoms with E-state index < -0.39 is 17.6 Å². The van der Waals surface area contributed by atoms with Crippen LogP contribution in [0.25, 0.3) is 10.9 Å². The number of anilines is 2. The highest BCUT2D eigenvalue weighted by Gasteiger charge is 2.17. The van der Waals surface area contributed by atoms with Gasteiger partial charge in [-0.1, -0.05) is 0 Å². The highest BCUT2D eigenvalue weighted by atomic mass is 19.1. The van der Waals surface area contributed by atoms with E-state index in [-0.39, 0.29) is 11.4 Å². The van der Waals surface area contributed by atoms with Gasteiger partial charge < -0.3 is 29.8 Å². The minimum absolute atomic E-state index is 0.0683. The average molecular weight is 461 g/mol. The van der Waals surface area contributed by atoms with Crippen molar-refractivity contribution in [3.63, 3.8) is 0 Å². The van der Waals surface area contributed by atoms with Gasteiger partial charge in [0.25, 0.3) is 11.8 Å². The van der Waals surface area contributed by atoms with E-state index in [4.69, 9.17) is 14.2 Å². The fourth-order valence-corrected chi connectivity index (χ4v) is 3.64. The van der Waals surface area contributed by atoms with Crippen LogP contribution in [-0.2, 0) is 0 Å². The molecule has 8 nitrogen and oxygen atoms in total. The summed E-state index contributed by atoms with van der Waals surface area (Å²) in [6.07, 6.45) is 0. The average Bonchev–Trinajstić information content (AvgIpc) is 3.29. The van der Waals surface area contributed by atoms with Crippen LogP contribution in [0.4, 0.5) is 15.8 Å². The van der Waals surface area contributed by atoms with Gasteiger partial charge in [-0.15, -0.1) is 0 Å². The Hall–Kier alpha value is -4.53. The molecule has 2 heterocycles. The van der Waals surface area contributed by atoms with Gasteiger partial charge in [-0.25, -0.2) is 4.39 Å². The number of hydrogen-bond donors (Lipinski definition) is 3. The smallest absolute Gasteiger partial charge is 0.272 e. The number of fused-ring (bicyclic) bond motifs is 2. The van der Waals surface area contributed by atoms with Crippen LogP contribution in [0, 0.1) is 5.82 Å². The number of carbonyl (C=O) groups excluding carboxylic acids is 2. The SMILES string of the molecule is COc1ccc2[nH]c(C(=O)Nc3cc(NC(=O)c4ccc5c(c4)OCCO5)ccc3F)cc2c1. The molecule has 3 N–H and O–H groups in total. The highest BCUT2D eigenvalue weighted by Crippen LogP contribution is 2.31. The summed E-state index contributed by atoms with van der Waals surface area (Å²) < 4.78 is 30.6. The number of amides is 2. The van der Waals surface area contributed by atoms with Crippen LogP contribution in [0.1, 0.15) is 20.8 Å². The Morgan fingerprint density at radius 1 is 0.912 bits per heavy atom. The lowest BCUT2D eigenvalue weighted by molar-refractivity contribution is 0.101. The van der Waals surface area contributed by atoms with Gasteiger partial charge in [-0.05, 0) is 60.7 Å². The maximum atomic E-state index is 14.4. The van der Waals surface area contributed by atoms with Gasteiger partial charge in [-0.3, -0.25) is 9.59 Å². The zero-order chi connectivity index (χ0) is 23.7. The summed E-state index contributed by atoms with van der Waals surface area (Å²) in [4.78, 5) is 28.4. The quantitative estimate of drug-likeness (QED) is 0.404. The van der Waals surface area contributed by atoms with Crippen molar-refractivity contribution in [2.75, 3.05) is 31.0 Å². The van der Waals surface area contributed by atoms with Gasteiger partial charge >= 0.3 is 0 Å². The van der Waals surface area contributed by atoms with Gasteiger partial charge in [0.1, 0.15) is 30.5 Å². The number of benzene rings is 3. The summed E-state index contributed by atoms with van der Waals surface area (Å²) in [5.74, 6) is 0.149. The van der Waals surface area contributed by atoms with E-state index in [2.05, 4.69) is 15.6 Å². The third-order valence-electron chi connectivity index (χ3n) is 5.35. The molecular formula is C25H20FN3O5. The van der Waals surface area contributed by atoms with Gasteiger partial charge in [0.15, 0.2) is 11.5 Å². The van der Waals surface area contributed by atoms with Crippen molar-refractivity contribution < 1.29 is 28.2 Å². The lowest BCUT2D eigenvalue weighted by Crippen LogP contribution is -2.17. The molecule has 0 aliphatic carbocycles. The fraction of sp³-hybridized carbons (Fsp3) is 0.120. The van der Waals surface area contributed by atoms with Crippen LogP contribution in [0.5, 0.6) is 17.2 Å². The number of methoxy groups -OCH3 is 1. The normalized spacial score (nSPS) is 12.3. The molecule has 1 aliphatic heterocycles. The maximum Gasteiger partial charge on any atom is 0.272 e. The molecule has 0 unspecified atom stereocenters. The van der Waals surface area contributed by atoms with E-state index in [1.165, 1.54) is 18.2 Å². The van der Waals surface area contributed by atoms with E-state index >= 15 is 0 Å². The number of aromatic nitrogens is 1. The minimum Gasteiger partial charge on any atom is -0.497 e. The summed E-state index contributed by atoms with van der Waals surface area (Å²) in [6, 6.07) is 15.8. The van der Waals surface area contributed by atoms with Crippen LogP contribution in [0.15, 0.2) is 60.7 Å². The van der Waals surface area contributed by atoms with Crippen LogP contribution in [0.2, 0.25) is 0 Å². The fourth-order valence-electron chi connectivity index (χ4n) is 3.64. The zero-order valence-corrected chi connectivity index (χ0v) is 18.1. The lowest BCUT2D eigenvalue weighted by Gasteiger charge is -2.18. The number of carbonyl (C=O) groups is 2. The molecule has 1 aliphatic rings. The molecule has 0 radical (unpaired) electrons. The summed E-state index contributed by atoms with van der Waals surface area (Å²) >= 11 is 0. The van der Waals surface area contributed by atoms with Crippen molar-refractivity contribution in [3.05, 3.63) is 77.7 Å². The van der Waals surface area contributed by atoms with Gasteiger partial charge in [0.05, 0.1) is 12.8 Å². The number of hydrogen-bond acceptors (Lipinski definition) is 5. The molecular weight excluding hydrogens is 441 g/mol. The van der Waals surface area contributed by atoms with Gasteiger partial charge in [-0.2, -0.15) is 0 Å². The summed E-state index contributed by atoms with van der Waals surface area (Å²) in [5.41, 5.74) is 1.60. The van der Waals surface area contributed by atoms with Crippen LogP contribution < -0.4 is 24.8 Å². The monoisotopic (exact) mass is 461 g/mol.